The van der Waals surface area contributed by atoms with Crippen LogP contribution < -0.4 is 5.73 Å². The minimum absolute atomic E-state index is 0.0645. The fourth-order valence-corrected chi connectivity index (χ4v) is 2.61. The van der Waals surface area contributed by atoms with Gasteiger partial charge in [-0.25, -0.2) is 0 Å². The van der Waals surface area contributed by atoms with Crippen LogP contribution in [0.4, 0.5) is 0 Å². The maximum absolute atomic E-state index is 12.3. The molecule has 7 heteroatoms. The lowest BCUT2D eigenvalue weighted by molar-refractivity contribution is -0.142. The topological polar surface area (TPSA) is 79.1 Å². The van der Waals surface area contributed by atoms with E-state index in [1.165, 1.54) is 0 Å². The zero-order valence-electron chi connectivity index (χ0n) is 12.2. The number of likely N-dealkylation sites (N-methyl/N-ethyl adjacent to an activating group) is 1. The van der Waals surface area contributed by atoms with Crippen LogP contribution >= 0.6 is 0 Å². The third-order valence-electron chi connectivity index (χ3n) is 3.84. The van der Waals surface area contributed by atoms with Crippen molar-refractivity contribution in [3.8, 4) is 0 Å². The lowest BCUT2D eigenvalue weighted by atomic mass is 10.0. The quantitative estimate of drug-likeness (QED) is 0.661. The molecule has 2 aliphatic rings. The molecule has 0 spiro atoms. The molecule has 2 rings (SSSR count). The molecule has 0 bridgehead atoms. The number of hydrogen-bond acceptors (Lipinski definition) is 5. The van der Waals surface area contributed by atoms with Crippen molar-refractivity contribution < 1.29 is 14.3 Å². The predicted octanol–water partition coefficient (Wildman–Crippen LogP) is -1.81. The Balaban J connectivity index is 1.82. The van der Waals surface area contributed by atoms with Gasteiger partial charge in [0.2, 0.25) is 11.8 Å². The molecular weight excluding hydrogens is 260 g/mol. The zero-order valence-corrected chi connectivity index (χ0v) is 12.2. The first-order valence-electron chi connectivity index (χ1n) is 7.03. The van der Waals surface area contributed by atoms with E-state index < -0.39 is 0 Å². The highest BCUT2D eigenvalue weighted by Crippen LogP contribution is 2.16. The average Bonchev–Trinajstić information content (AvgIpc) is 2.83. The van der Waals surface area contributed by atoms with Gasteiger partial charge in [0.15, 0.2) is 0 Å². The van der Waals surface area contributed by atoms with E-state index in [1.807, 2.05) is 23.9 Å². The van der Waals surface area contributed by atoms with Gasteiger partial charge in [-0.3, -0.25) is 9.59 Å². The van der Waals surface area contributed by atoms with Gasteiger partial charge in [0.1, 0.15) is 0 Å². The molecule has 0 aliphatic carbocycles. The Labute approximate surface area is 119 Å². The molecule has 2 heterocycles. The Morgan fingerprint density at radius 1 is 1.15 bits per heavy atom. The third kappa shape index (κ3) is 3.47. The predicted molar refractivity (Wildman–Crippen MR) is 74.0 cm³/mol. The molecule has 20 heavy (non-hydrogen) atoms. The molecule has 2 amide bonds. The number of hydrogen-bond donors (Lipinski definition) is 1. The summed E-state index contributed by atoms with van der Waals surface area (Å²) in [7, 11) is 3.75. The van der Waals surface area contributed by atoms with E-state index in [9.17, 15) is 9.59 Å². The number of nitrogens with two attached hydrogens (primary N) is 1. The highest BCUT2D eigenvalue weighted by molar-refractivity contribution is 5.81. The number of carbonyl (C=O) groups is 2. The number of nitrogens with zero attached hydrogens (tertiary/aromatic N) is 3. The van der Waals surface area contributed by atoms with E-state index in [-0.39, 0.29) is 23.8 Å². The zero-order chi connectivity index (χ0) is 14.7. The largest absolute Gasteiger partial charge is 0.379 e. The standard InChI is InChI=1S/C13H24N4O3/c1-15(2)7-12(18)16-3-5-17(6-4-16)13(19)10-8-20-9-11(10)14/h10-11H,3-9,14H2,1-2H3. The van der Waals surface area contributed by atoms with Crippen LogP contribution in [0.1, 0.15) is 0 Å². The average molecular weight is 284 g/mol. The van der Waals surface area contributed by atoms with Crippen LogP contribution in [-0.2, 0) is 14.3 Å². The van der Waals surface area contributed by atoms with Crippen LogP contribution in [0.15, 0.2) is 0 Å². The second-order valence-corrected chi connectivity index (χ2v) is 5.75. The summed E-state index contributed by atoms with van der Waals surface area (Å²) in [6.07, 6.45) is 0. The highest BCUT2D eigenvalue weighted by atomic mass is 16.5. The Morgan fingerprint density at radius 2 is 1.75 bits per heavy atom. The van der Waals surface area contributed by atoms with E-state index in [0.29, 0.717) is 45.9 Å². The van der Waals surface area contributed by atoms with Crippen molar-refractivity contribution >= 4 is 11.8 Å². The van der Waals surface area contributed by atoms with Gasteiger partial charge in [0.05, 0.1) is 25.7 Å². The Bertz CT molecular complexity index is 367. The monoisotopic (exact) mass is 284 g/mol. The summed E-state index contributed by atoms with van der Waals surface area (Å²) in [5.74, 6) is -0.0447. The van der Waals surface area contributed by atoms with Gasteiger partial charge in [-0.1, -0.05) is 0 Å². The summed E-state index contributed by atoms with van der Waals surface area (Å²) in [6, 6.07) is -0.198. The van der Waals surface area contributed by atoms with Crippen molar-refractivity contribution in [2.24, 2.45) is 11.7 Å². The summed E-state index contributed by atoms with van der Waals surface area (Å²) in [6.45, 7) is 3.65. The molecule has 7 nitrogen and oxygen atoms in total. The van der Waals surface area contributed by atoms with Crippen LogP contribution in [0, 0.1) is 5.92 Å². The van der Waals surface area contributed by atoms with Gasteiger partial charge < -0.3 is 25.2 Å². The van der Waals surface area contributed by atoms with Gasteiger partial charge in [-0.2, -0.15) is 0 Å². The van der Waals surface area contributed by atoms with Crippen LogP contribution in [-0.4, -0.2) is 92.6 Å². The van der Waals surface area contributed by atoms with E-state index in [1.54, 1.807) is 4.90 Å². The second kappa shape index (κ2) is 6.51. The summed E-state index contributed by atoms with van der Waals surface area (Å²) in [5.41, 5.74) is 5.87. The number of amides is 2. The maximum atomic E-state index is 12.3. The summed E-state index contributed by atoms with van der Waals surface area (Å²) < 4.78 is 5.24. The van der Waals surface area contributed by atoms with Crippen molar-refractivity contribution in [1.82, 2.24) is 14.7 Å². The number of piperazine rings is 1. The second-order valence-electron chi connectivity index (χ2n) is 5.75. The molecule has 2 unspecified atom stereocenters. The van der Waals surface area contributed by atoms with Crippen LogP contribution in [0.5, 0.6) is 0 Å². The van der Waals surface area contributed by atoms with Gasteiger partial charge in [0, 0.05) is 32.2 Å². The van der Waals surface area contributed by atoms with Gasteiger partial charge in [-0.05, 0) is 14.1 Å². The molecule has 0 radical (unpaired) electrons. The maximum Gasteiger partial charge on any atom is 0.236 e. The minimum atomic E-state index is -0.223. The molecule has 2 N–H and O–H groups in total. The summed E-state index contributed by atoms with van der Waals surface area (Å²) in [5, 5.41) is 0. The number of ether oxygens (including phenoxy) is 1. The Hall–Kier alpha value is -1.18. The lowest BCUT2D eigenvalue weighted by Gasteiger charge is -2.36. The number of rotatable bonds is 3. The SMILES string of the molecule is CN(C)CC(=O)N1CCN(C(=O)C2COCC2N)CC1. The van der Waals surface area contributed by atoms with Crippen molar-refractivity contribution in [3.63, 3.8) is 0 Å². The van der Waals surface area contributed by atoms with Crippen LogP contribution in [0.3, 0.4) is 0 Å². The first kappa shape index (κ1) is 15.2. The lowest BCUT2D eigenvalue weighted by Crippen LogP contribution is -2.54. The van der Waals surface area contributed by atoms with Crippen LogP contribution in [0.2, 0.25) is 0 Å². The van der Waals surface area contributed by atoms with Gasteiger partial charge >= 0.3 is 0 Å². The molecule has 0 saturated carbocycles. The molecule has 2 aliphatic heterocycles. The van der Waals surface area contributed by atoms with E-state index in [0.717, 1.165) is 0 Å². The van der Waals surface area contributed by atoms with Gasteiger partial charge in [0.25, 0.3) is 0 Å². The van der Waals surface area contributed by atoms with Gasteiger partial charge in [-0.15, -0.1) is 0 Å². The smallest absolute Gasteiger partial charge is 0.236 e. The van der Waals surface area contributed by atoms with E-state index >= 15 is 0 Å². The Morgan fingerprint density at radius 3 is 2.25 bits per heavy atom. The molecule has 0 aromatic carbocycles. The molecule has 2 fully saturated rings. The third-order valence-corrected chi connectivity index (χ3v) is 3.84. The molecule has 2 saturated heterocycles. The summed E-state index contributed by atoms with van der Waals surface area (Å²) >= 11 is 0. The van der Waals surface area contributed by atoms with Crippen molar-refractivity contribution in [1.29, 1.82) is 0 Å². The highest BCUT2D eigenvalue weighted by Gasteiger charge is 2.35. The number of carbonyl (C=O) groups excluding carboxylic acids is 2. The van der Waals surface area contributed by atoms with E-state index in [4.69, 9.17) is 10.5 Å². The fourth-order valence-electron chi connectivity index (χ4n) is 2.61. The summed E-state index contributed by atoms with van der Waals surface area (Å²) in [4.78, 5) is 29.7. The first-order valence-corrected chi connectivity index (χ1v) is 7.03. The molecule has 114 valence electrons. The molecular formula is C13H24N4O3. The molecule has 0 aromatic heterocycles. The Kier molecular flexibility index (Phi) is 4.95. The van der Waals surface area contributed by atoms with Crippen molar-refractivity contribution in [2.75, 3.05) is 60.0 Å². The first-order chi connectivity index (χ1) is 9.49. The molecule has 2 atom stereocenters. The van der Waals surface area contributed by atoms with Crippen LogP contribution in [0.25, 0.3) is 0 Å². The van der Waals surface area contributed by atoms with Crippen molar-refractivity contribution in [2.45, 2.75) is 6.04 Å². The van der Waals surface area contributed by atoms with Crippen molar-refractivity contribution in [3.05, 3.63) is 0 Å². The molecule has 0 aromatic rings. The minimum Gasteiger partial charge on any atom is -0.379 e. The van der Waals surface area contributed by atoms with E-state index in [2.05, 4.69) is 0 Å². The normalized spacial score (nSPS) is 27.2. The fraction of sp³-hybridized carbons (Fsp3) is 0.846.